The van der Waals surface area contributed by atoms with Gasteiger partial charge in [-0.3, -0.25) is 19.7 Å². The van der Waals surface area contributed by atoms with E-state index in [1.165, 1.54) is 5.56 Å². The first-order valence-corrected chi connectivity index (χ1v) is 9.20. The van der Waals surface area contributed by atoms with Gasteiger partial charge in [0.1, 0.15) is 0 Å². The van der Waals surface area contributed by atoms with Crippen LogP contribution in [0.3, 0.4) is 0 Å². The topological polar surface area (TPSA) is 67.4 Å². The van der Waals surface area contributed by atoms with Crippen LogP contribution in [0.1, 0.15) is 30.0 Å². The Morgan fingerprint density at radius 2 is 1.92 bits per heavy atom. The molecule has 6 heteroatoms. The van der Waals surface area contributed by atoms with Crippen molar-refractivity contribution < 1.29 is 9.53 Å². The molecule has 1 fully saturated rings. The first-order valence-electron chi connectivity index (χ1n) is 9.20. The molecule has 3 heterocycles. The van der Waals surface area contributed by atoms with Gasteiger partial charge in [0, 0.05) is 50.8 Å². The second-order valence-electron chi connectivity index (χ2n) is 6.47. The van der Waals surface area contributed by atoms with E-state index in [1.54, 1.807) is 12.4 Å². The maximum Gasteiger partial charge on any atom is 0.220 e. The molecule has 2 aromatic rings. The monoisotopic (exact) mass is 354 g/mol. The first kappa shape index (κ1) is 18.5. The number of carbonyl (C=O) groups excluding carboxylic acids is 1. The molecular formula is C20H26N4O2. The number of hydrogen-bond acceptors (Lipinski definition) is 5. The molecule has 0 bridgehead atoms. The van der Waals surface area contributed by atoms with Gasteiger partial charge in [0.25, 0.3) is 0 Å². The zero-order valence-electron chi connectivity index (χ0n) is 15.0. The van der Waals surface area contributed by atoms with Crippen LogP contribution in [-0.2, 0) is 16.0 Å². The third kappa shape index (κ3) is 5.61. The number of rotatable bonds is 8. The Hall–Kier alpha value is -2.31. The van der Waals surface area contributed by atoms with E-state index in [1.807, 2.05) is 30.6 Å². The highest BCUT2D eigenvalue weighted by molar-refractivity contribution is 5.75. The quantitative estimate of drug-likeness (QED) is 0.785. The number of carbonyl (C=O) groups is 1. The van der Waals surface area contributed by atoms with Crippen molar-refractivity contribution in [2.45, 2.75) is 25.3 Å². The van der Waals surface area contributed by atoms with Crippen molar-refractivity contribution in [1.29, 1.82) is 0 Å². The van der Waals surface area contributed by atoms with Gasteiger partial charge in [-0.2, -0.15) is 0 Å². The number of pyridine rings is 2. The van der Waals surface area contributed by atoms with Crippen molar-refractivity contribution in [1.82, 2.24) is 20.2 Å². The number of nitrogens with one attached hydrogen (secondary N) is 1. The summed E-state index contributed by atoms with van der Waals surface area (Å²) >= 11 is 0. The van der Waals surface area contributed by atoms with Crippen LogP contribution in [0.15, 0.2) is 49.1 Å². The van der Waals surface area contributed by atoms with E-state index >= 15 is 0 Å². The van der Waals surface area contributed by atoms with Gasteiger partial charge in [-0.05, 0) is 36.1 Å². The standard InChI is InChI=1S/C20H26N4O2/c25-20(7-1-4-17-5-2-8-21-14-17)23-16-19(18-6-3-9-22-15-18)24-10-12-26-13-11-24/h2-3,5-6,8-9,14-15,19H,1,4,7,10-13,16H2,(H,23,25). The van der Waals surface area contributed by atoms with Gasteiger partial charge < -0.3 is 10.1 Å². The number of hydrogen-bond donors (Lipinski definition) is 1. The average Bonchev–Trinajstić information content (AvgIpc) is 2.71. The number of nitrogens with zero attached hydrogens (tertiary/aromatic N) is 3. The number of amides is 1. The predicted molar refractivity (Wildman–Crippen MR) is 99.6 cm³/mol. The second-order valence-corrected chi connectivity index (χ2v) is 6.47. The van der Waals surface area contributed by atoms with Crippen molar-refractivity contribution in [3.63, 3.8) is 0 Å². The Balaban J connectivity index is 1.49. The predicted octanol–water partition coefficient (Wildman–Crippen LogP) is 1.99. The van der Waals surface area contributed by atoms with Crippen molar-refractivity contribution >= 4 is 5.91 Å². The average molecular weight is 354 g/mol. The smallest absolute Gasteiger partial charge is 0.220 e. The molecule has 1 aliphatic rings. The summed E-state index contributed by atoms with van der Waals surface area (Å²) in [4.78, 5) is 23.0. The lowest BCUT2D eigenvalue weighted by molar-refractivity contribution is -0.121. The Morgan fingerprint density at radius 3 is 2.62 bits per heavy atom. The van der Waals surface area contributed by atoms with E-state index in [-0.39, 0.29) is 11.9 Å². The van der Waals surface area contributed by atoms with Gasteiger partial charge in [-0.25, -0.2) is 0 Å². The largest absolute Gasteiger partial charge is 0.379 e. The first-order chi connectivity index (χ1) is 12.8. The maximum atomic E-state index is 12.3. The number of aromatic nitrogens is 2. The summed E-state index contributed by atoms with van der Waals surface area (Å²) in [7, 11) is 0. The summed E-state index contributed by atoms with van der Waals surface area (Å²) in [5.41, 5.74) is 2.30. The number of aryl methyl sites for hydroxylation is 1. The molecule has 26 heavy (non-hydrogen) atoms. The maximum absolute atomic E-state index is 12.3. The van der Waals surface area contributed by atoms with E-state index in [0.717, 1.165) is 44.7 Å². The molecule has 1 atom stereocenters. The van der Waals surface area contributed by atoms with E-state index in [2.05, 4.69) is 26.3 Å². The van der Waals surface area contributed by atoms with Gasteiger partial charge in [0.2, 0.25) is 5.91 Å². The summed E-state index contributed by atoms with van der Waals surface area (Å²) < 4.78 is 5.46. The molecule has 138 valence electrons. The molecule has 1 aliphatic heterocycles. The molecule has 1 N–H and O–H groups in total. The van der Waals surface area contributed by atoms with Gasteiger partial charge in [0.15, 0.2) is 0 Å². The van der Waals surface area contributed by atoms with Crippen LogP contribution in [0, 0.1) is 0 Å². The lowest BCUT2D eigenvalue weighted by Crippen LogP contribution is -2.43. The fourth-order valence-corrected chi connectivity index (χ4v) is 3.22. The normalized spacial score (nSPS) is 16.2. The summed E-state index contributed by atoms with van der Waals surface area (Å²) in [6.07, 6.45) is 9.50. The minimum absolute atomic E-state index is 0.0936. The fraction of sp³-hybridized carbons (Fsp3) is 0.450. The zero-order chi connectivity index (χ0) is 18.0. The third-order valence-corrected chi connectivity index (χ3v) is 4.64. The van der Waals surface area contributed by atoms with Crippen LogP contribution >= 0.6 is 0 Å². The van der Waals surface area contributed by atoms with Crippen LogP contribution in [0.4, 0.5) is 0 Å². The summed E-state index contributed by atoms with van der Waals surface area (Å²) in [5, 5.41) is 3.10. The molecule has 1 unspecified atom stereocenters. The summed E-state index contributed by atoms with van der Waals surface area (Å²) in [6, 6.07) is 8.12. The van der Waals surface area contributed by atoms with E-state index in [9.17, 15) is 4.79 Å². The highest BCUT2D eigenvalue weighted by Gasteiger charge is 2.23. The lowest BCUT2D eigenvalue weighted by atomic mass is 10.1. The summed E-state index contributed by atoms with van der Waals surface area (Å²) in [6.45, 7) is 3.80. The molecule has 0 saturated carbocycles. The van der Waals surface area contributed by atoms with Crippen molar-refractivity contribution in [3.8, 4) is 0 Å². The van der Waals surface area contributed by atoms with Gasteiger partial charge in [0.05, 0.1) is 19.3 Å². The summed E-state index contributed by atoms with van der Waals surface area (Å²) in [5.74, 6) is 0.0936. The molecule has 0 aromatic carbocycles. The van der Waals surface area contributed by atoms with Crippen LogP contribution in [0.2, 0.25) is 0 Å². The van der Waals surface area contributed by atoms with Crippen molar-refractivity contribution in [3.05, 3.63) is 60.2 Å². The van der Waals surface area contributed by atoms with Crippen molar-refractivity contribution in [2.24, 2.45) is 0 Å². The minimum atomic E-state index is 0.0936. The van der Waals surface area contributed by atoms with Crippen LogP contribution in [0.25, 0.3) is 0 Å². The number of ether oxygens (including phenoxy) is 1. The van der Waals surface area contributed by atoms with Gasteiger partial charge >= 0.3 is 0 Å². The molecular weight excluding hydrogens is 328 g/mol. The molecule has 0 radical (unpaired) electrons. The molecule has 0 spiro atoms. The second kappa shape index (κ2) is 9.99. The fourth-order valence-electron chi connectivity index (χ4n) is 3.22. The van der Waals surface area contributed by atoms with Crippen LogP contribution in [0.5, 0.6) is 0 Å². The van der Waals surface area contributed by atoms with Crippen molar-refractivity contribution in [2.75, 3.05) is 32.8 Å². The lowest BCUT2D eigenvalue weighted by Gasteiger charge is -2.34. The molecule has 1 saturated heterocycles. The van der Waals surface area contributed by atoms with E-state index in [0.29, 0.717) is 13.0 Å². The Labute approximate surface area is 154 Å². The molecule has 1 amide bonds. The molecule has 3 rings (SSSR count). The third-order valence-electron chi connectivity index (χ3n) is 4.64. The molecule has 6 nitrogen and oxygen atoms in total. The zero-order valence-corrected chi connectivity index (χ0v) is 15.0. The highest BCUT2D eigenvalue weighted by Crippen LogP contribution is 2.20. The van der Waals surface area contributed by atoms with Crippen LogP contribution in [-0.4, -0.2) is 53.6 Å². The SMILES string of the molecule is O=C(CCCc1cccnc1)NCC(c1cccnc1)N1CCOCC1. The van der Waals surface area contributed by atoms with Gasteiger partial charge in [-0.1, -0.05) is 12.1 Å². The van der Waals surface area contributed by atoms with E-state index < -0.39 is 0 Å². The Bertz CT molecular complexity index is 660. The van der Waals surface area contributed by atoms with Crippen LogP contribution < -0.4 is 5.32 Å². The Morgan fingerprint density at radius 1 is 1.15 bits per heavy atom. The highest BCUT2D eigenvalue weighted by atomic mass is 16.5. The number of morpholine rings is 1. The van der Waals surface area contributed by atoms with E-state index in [4.69, 9.17) is 4.74 Å². The Kier molecular flexibility index (Phi) is 7.10. The minimum Gasteiger partial charge on any atom is -0.379 e. The van der Waals surface area contributed by atoms with Gasteiger partial charge in [-0.15, -0.1) is 0 Å². The molecule has 0 aliphatic carbocycles. The molecule has 2 aromatic heterocycles.